The highest BCUT2D eigenvalue weighted by molar-refractivity contribution is 6.45. The fourth-order valence-electron chi connectivity index (χ4n) is 5.29. The summed E-state index contributed by atoms with van der Waals surface area (Å²) in [5.41, 5.74) is 5.61. The number of carbonyl (C=O) groups excluding carboxylic acids is 2. The number of aliphatic imine (C=N–C) groups is 1. The lowest BCUT2D eigenvalue weighted by Crippen LogP contribution is -2.43. The van der Waals surface area contributed by atoms with Crippen LogP contribution >= 0.6 is 11.6 Å². The molecule has 0 saturated carbocycles. The number of amides is 3. The van der Waals surface area contributed by atoms with Gasteiger partial charge in [0.15, 0.2) is 0 Å². The van der Waals surface area contributed by atoms with Gasteiger partial charge in [0, 0.05) is 41.8 Å². The van der Waals surface area contributed by atoms with E-state index in [1.165, 1.54) is 5.56 Å². The first-order valence-electron chi connectivity index (χ1n) is 15.4. The predicted octanol–water partition coefficient (Wildman–Crippen LogP) is 8.27. The van der Waals surface area contributed by atoms with Gasteiger partial charge in [-0.25, -0.2) is 9.79 Å². The van der Waals surface area contributed by atoms with Gasteiger partial charge in [-0.2, -0.15) is 0 Å². The number of aryl methyl sites for hydroxylation is 2. The second-order valence-electron chi connectivity index (χ2n) is 11.1. The van der Waals surface area contributed by atoms with Crippen molar-refractivity contribution < 1.29 is 9.59 Å². The molecule has 0 radical (unpaired) electrons. The third kappa shape index (κ3) is 9.71. The SMILES string of the molecule is C/C=C(Cl)\C1=N/C(C)Nc2cccc(c2)CCc2cc(ccc2NC(=O)C2CCN(C(=O)Nc3ccccc3)CC2)N1.C=CC. The molecule has 1 saturated heterocycles. The van der Waals surface area contributed by atoms with Crippen LogP contribution in [0.15, 0.2) is 102 Å². The molecule has 0 aromatic heterocycles. The maximum atomic E-state index is 13.4. The molecule has 8 nitrogen and oxygen atoms in total. The van der Waals surface area contributed by atoms with Crippen LogP contribution in [0.25, 0.3) is 0 Å². The van der Waals surface area contributed by atoms with Crippen LogP contribution in [0.3, 0.4) is 0 Å². The number of benzene rings is 3. The number of likely N-dealkylation sites (tertiary alicyclic amines) is 1. The summed E-state index contributed by atoms with van der Waals surface area (Å²) < 4.78 is 0. The van der Waals surface area contributed by atoms with Crippen molar-refractivity contribution >= 4 is 52.1 Å². The molecule has 3 aromatic rings. The van der Waals surface area contributed by atoms with E-state index in [0.29, 0.717) is 36.8 Å². The van der Waals surface area contributed by atoms with Crippen LogP contribution < -0.4 is 21.3 Å². The lowest BCUT2D eigenvalue weighted by atomic mass is 9.95. The van der Waals surface area contributed by atoms with Crippen molar-refractivity contribution in [3.05, 3.63) is 108 Å². The highest BCUT2D eigenvalue weighted by atomic mass is 35.5. The van der Waals surface area contributed by atoms with Gasteiger partial charge in [-0.05, 0) is 100 Å². The Morgan fingerprint density at radius 3 is 2.40 bits per heavy atom. The summed E-state index contributed by atoms with van der Waals surface area (Å²) in [4.78, 5) is 32.6. The Hall–Kier alpha value is -4.56. The molecule has 1 fully saturated rings. The number of fused-ring (bicyclic) bond motifs is 4. The second kappa shape index (κ2) is 16.5. The zero-order chi connectivity index (χ0) is 32.2. The van der Waals surface area contributed by atoms with E-state index in [0.717, 1.165) is 41.2 Å². The minimum atomic E-state index is -0.203. The first-order chi connectivity index (χ1) is 21.8. The lowest BCUT2D eigenvalue weighted by molar-refractivity contribution is -0.121. The Morgan fingerprint density at radius 1 is 0.956 bits per heavy atom. The van der Waals surface area contributed by atoms with Crippen LogP contribution in [0.5, 0.6) is 0 Å². The number of piperidine rings is 1. The fraction of sp³-hybridized carbons (Fsp3) is 0.306. The van der Waals surface area contributed by atoms with E-state index >= 15 is 0 Å². The zero-order valence-electron chi connectivity index (χ0n) is 26.3. The van der Waals surface area contributed by atoms with Gasteiger partial charge in [0.1, 0.15) is 12.0 Å². The molecular formula is C36H43ClN6O2. The quantitative estimate of drug-likeness (QED) is 0.219. The first-order valence-corrected chi connectivity index (χ1v) is 15.8. The van der Waals surface area contributed by atoms with E-state index < -0.39 is 0 Å². The van der Waals surface area contributed by atoms with Gasteiger partial charge in [-0.15, -0.1) is 6.58 Å². The van der Waals surface area contributed by atoms with Crippen molar-refractivity contribution in [1.82, 2.24) is 4.90 Å². The average Bonchev–Trinajstić information content (AvgIpc) is 3.05. The highest BCUT2D eigenvalue weighted by Crippen LogP contribution is 2.27. The number of nitrogens with one attached hydrogen (secondary N) is 4. The van der Waals surface area contributed by atoms with Crippen LogP contribution in [0.4, 0.5) is 27.5 Å². The van der Waals surface area contributed by atoms with Crippen molar-refractivity contribution in [2.75, 3.05) is 34.4 Å². The van der Waals surface area contributed by atoms with E-state index in [1.54, 1.807) is 11.0 Å². The maximum absolute atomic E-state index is 13.4. The van der Waals surface area contributed by atoms with Crippen molar-refractivity contribution in [3.8, 4) is 0 Å². The number of rotatable bonds is 4. The van der Waals surface area contributed by atoms with Crippen molar-refractivity contribution in [2.45, 2.75) is 52.6 Å². The molecule has 3 amide bonds. The van der Waals surface area contributed by atoms with E-state index in [2.05, 4.69) is 46.0 Å². The van der Waals surface area contributed by atoms with Gasteiger partial charge in [0.2, 0.25) is 5.91 Å². The number of urea groups is 1. The maximum Gasteiger partial charge on any atom is 0.321 e. The molecule has 2 heterocycles. The number of nitrogens with zero attached hydrogens (tertiary/aromatic N) is 2. The monoisotopic (exact) mass is 626 g/mol. The van der Waals surface area contributed by atoms with Crippen molar-refractivity contribution in [1.29, 1.82) is 0 Å². The molecule has 236 valence electrons. The summed E-state index contributed by atoms with van der Waals surface area (Å²) in [6, 6.07) is 23.5. The largest absolute Gasteiger partial charge is 0.364 e. The van der Waals surface area contributed by atoms with Gasteiger partial charge in [-0.3, -0.25) is 4.79 Å². The summed E-state index contributed by atoms with van der Waals surface area (Å²) in [7, 11) is 0. The predicted molar refractivity (Wildman–Crippen MR) is 188 cm³/mol. The standard InChI is InChI=1S/C33H37ClN6O2.C3H6/c1-3-29(34)31-36-22(2)35-27-11-7-8-23(20-27)12-13-25-21-28(37-31)14-15-30(25)39-32(41)24-16-18-40(19-17-24)33(42)38-26-9-5-4-6-10-26;1-3-2/h3-11,14-15,20-22,24,35H,12-13,16-19H2,1-2H3,(H,36,37)(H,38,42)(H,39,41);3H,1H2,2H3/b29-3+;. The number of hydrogen-bond acceptors (Lipinski definition) is 5. The normalized spacial score (nSPS) is 18.0. The molecule has 45 heavy (non-hydrogen) atoms. The first kappa shape index (κ1) is 33.3. The summed E-state index contributed by atoms with van der Waals surface area (Å²) in [5, 5.41) is 13.5. The number of halogens is 1. The van der Waals surface area contributed by atoms with Crippen LogP contribution in [0.2, 0.25) is 0 Å². The molecule has 1 unspecified atom stereocenters. The Balaban J connectivity index is 0.00000148. The van der Waals surface area contributed by atoms with Gasteiger partial charge in [-0.1, -0.05) is 54.1 Å². The zero-order valence-corrected chi connectivity index (χ0v) is 27.0. The van der Waals surface area contributed by atoms with Crippen LogP contribution in [-0.4, -0.2) is 41.9 Å². The molecule has 0 aliphatic carbocycles. The van der Waals surface area contributed by atoms with Crippen LogP contribution in [0, 0.1) is 5.92 Å². The molecule has 3 aromatic carbocycles. The summed E-state index contributed by atoms with van der Waals surface area (Å²) in [6.45, 7) is 10.2. The van der Waals surface area contributed by atoms with Gasteiger partial charge in [0.05, 0.1) is 5.03 Å². The lowest BCUT2D eigenvalue weighted by Gasteiger charge is -2.31. The smallest absolute Gasteiger partial charge is 0.321 e. The fourth-order valence-corrected chi connectivity index (χ4v) is 5.39. The Kier molecular flexibility index (Phi) is 12.2. The van der Waals surface area contributed by atoms with Crippen molar-refractivity contribution in [2.24, 2.45) is 10.9 Å². The number of para-hydroxylation sites is 1. The molecule has 4 N–H and O–H groups in total. The topological polar surface area (TPSA) is 97.9 Å². The second-order valence-corrected chi connectivity index (χ2v) is 11.5. The molecule has 2 aliphatic heterocycles. The number of carbonyl (C=O) groups is 2. The molecule has 9 heteroatoms. The summed E-state index contributed by atoms with van der Waals surface area (Å²) >= 11 is 6.52. The van der Waals surface area contributed by atoms with Crippen LogP contribution in [0.1, 0.15) is 44.7 Å². The molecular weight excluding hydrogens is 584 g/mol. The number of amidine groups is 1. The van der Waals surface area contributed by atoms with E-state index in [4.69, 9.17) is 16.6 Å². The van der Waals surface area contributed by atoms with E-state index in [9.17, 15) is 9.59 Å². The van der Waals surface area contributed by atoms with Crippen LogP contribution in [-0.2, 0) is 17.6 Å². The molecule has 4 bridgehead atoms. The third-order valence-electron chi connectivity index (χ3n) is 7.59. The third-order valence-corrected chi connectivity index (χ3v) is 7.99. The minimum Gasteiger partial charge on any atom is -0.364 e. The molecule has 5 rings (SSSR count). The van der Waals surface area contributed by atoms with Gasteiger partial charge >= 0.3 is 6.03 Å². The number of anilines is 4. The Labute approximate surface area is 271 Å². The Morgan fingerprint density at radius 2 is 1.69 bits per heavy atom. The summed E-state index contributed by atoms with van der Waals surface area (Å²) in [5.74, 6) is 0.389. The highest BCUT2D eigenvalue weighted by Gasteiger charge is 2.28. The minimum absolute atomic E-state index is 0.0165. The van der Waals surface area contributed by atoms with E-state index in [-0.39, 0.29) is 24.0 Å². The molecule has 2 aliphatic rings. The average molecular weight is 627 g/mol. The van der Waals surface area contributed by atoms with Gasteiger partial charge < -0.3 is 26.2 Å². The molecule has 0 spiro atoms. The Bertz CT molecular complexity index is 1530. The van der Waals surface area contributed by atoms with E-state index in [1.807, 2.05) is 81.4 Å². The van der Waals surface area contributed by atoms with Crippen molar-refractivity contribution in [3.63, 3.8) is 0 Å². The van der Waals surface area contributed by atoms with Gasteiger partial charge in [0.25, 0.3) is 0 Å². The summed E-state index contributed by atoms with van der Waals surface area (Å²) in [6.07, 6.45) is 6.14. The molecule has 1 atom stereocenters. The number of hydrogen-bond donors (Lipinski definition) is 4. The number of allylic oxidation sites excluding steroid dienone is 2.